The number of rotatable bonds is 2. The summed E-state index contributed by atoms with van der Waals surface area (Å²) in [6, 6.07) is 0.172. The molecule has 1 atom stereocenters. The maximum atomic E-state index is 11.8. The molecule has 76 valence electrons. The van der Waals surface area contributed by atoms with E-state index in [0.717, 1.165) is 19.4 Å². The first-order valence-electron chi connectivity index (χ1n) is 4.47. The van der Waals surface area contributed by atoms with Gasteiger partial charge in [0.2, 0.25) is 0 Å². The number of aromatic nitrogens is 2. The summed E-state index contributed by atoms with van der Waals surface area (Å²) in [6.07, 6.45) is 2.02. The van der Waals surface area contributed by atoms with Crippen LogP contribution >= 0.6 is 23.1 Å². The minimum atomic E-state index is -0.0399. The lowest BCUT2D eigenvalue weighted by Crippen LogP contribution is -2.36. The van der Waals surface area contributed by atoms with E-state index in [-0.39, 0.29) is 11.9 Å². The molecular formula is C8H10ClN3OS. The van der Waals surface area contributed by atoms with Gasteiger partial charge in [-0.1, -0.05) is 4.49 Å². The Bertz CT molecular complexity index is 316. The van der Waals surface area contributed by atoms with Crippen molar-refractivity contribution in [1.82, 2.24) is 14.5 Å². The summed E-state index contributed by atoms with van der Waals surface area (Å²) in [5.74, 6) is 0.463. The molecule has 6 heteroatoms. The number of carbonyl (C=O) groups is 1. The molecule has 1 amide bonds. The fourth-order valence-electron chi connectivity index (χ4n) is 1.67. The fraction of sp³-hybridized carbons (Fsp3) is 0.625. The van der Waals surface area contributed by atoms with Gasteiger partial charge >= 0.3 is 0 Å². The first kappa shape index (κ1) is 9.86. The molecule has 0 radical (unpaired) electrons. The quantitative estimate of drug-likeness (QED) is 0.723. The number of hydrogen-bond donors (Lipinski definition) is 0. The Balaban J connectivity index is 2.11. The minimum absolute atomic E-state index is 0.0399. The molecule has 2 rings (SSSR count). The number of likely N-dealkylation sites (tertiary alicyclic amines) is 1. The molecule has 1 aromatic rings. The molecule has 2 heterocycles. The molecule has 1 aliphatic heterocycles. The van der Waals surface area contributed by atoms with Crippen LogP contribution < -0.4 is 0 Å². The maximum absolute atomic E-state index is 11.8. The van der Waals surface area contributed by atoms with Crippen molar-refractivity contribution in [3.05, 3.63) is 11.1 Å². The molecule has 0 spiro atoms. The zero-order valence-corrected chi connectivity index (χ0v) is 9.09. The van der Waals surface area contributed by atoms with Crippen molar-refractivity contribution in [2.75, 3.05) is 12.4 Å². The summed E-state index contributed by atoms with van der Waals surface area (Å²) in [4.78, 5) is 13.6. The SMILES string of the molecule is O=C(c1csnn1)N1CCCC1CCl. The second-order valence-electron chi connectivity index (χ2n) is 3.24. The van der Waals surface area contributed by atoms with Crippen LogP contribution in [0.3, 0.4) is 0 Å². The van der Waals surface area contributed by atoms with Crippen molar-refractivity contribution in [3.8, 4) is 0 Å². The molecule has 0 aromatic carbocycles. The van der Waals surface area contributed by atoms with Crippen LogP contribution in [-0.4, -0.2) is 38.9 Å². The fourth-order valence-corrected chi connectivity index (χ4v) is 2.42. The summed E-state index contributed by atoms with van der Waals surface area (Å²) in [5.41, 5.74) is 0.437. The molecule has 14 heavy (non-hydrogen) atoms. The molecule has 0 N–H and O–H groups in total. The largest absolute Gasteiger partial charge is 0.333 e. The summed E-state index contributed by atoms with van der Waals surface area (Å²) < 4.78 is 3.68. The third-order valence-corrected chi connectivity index (χ3v) is 3.26. The van der Waals surface area contributed by atoms with E-state index in [9.17, 15) is 4.79 Å². The molecule has 0 saturated carbocycles. The van der Waals surface area contributed by atoms with E-state index in [0.29, 0.717) is 11.6 Å². The Morgan fingerprint density at radius 3 is 3.29 bits per heavy atom. The Morgan fingerprint density at radius 1 is 1.79 bits per heavy atom. The number of alkyl halides is 1. The van der Waals surface area contributed by atoms with Crippen LogP contribution in [0, 0.1) is 0 Å². The molecule has 4 nitrogen and oxygen atoms in total. The summed E-state index contributed by atoms with van der Waals surface area (Å²) in [6.45, 7) is 0.785. The highest BCUT2D eigenvalue weighted by atomic mass is 35.5. The van der Waals surface area contributed by atoms with E-state index >= 15 is 0 Å². The second-order valence-corrected chi connectivity index (χ2v) is 4.16. The summed E-state index contributed by atoms with van der Waals surface area (Å²) >= 11 is 6.97. The average molecular weight is 232 g/mol. The molecule has 1 unspecified atom stereocenters. The number of halogens is 1. The Morgan fingerprint density at radius 2 is 2.64 bits per heavy atom. The van der Waals surface area contributed by atoms with Gasteiger partial charge in [0.15, 0.2) is 5.69 Å². The topological polar surface area (TPSA) is 46.1 Å². The van der Waals surface area contributed by atoms with E-state index in [2.05, 4.69) is 9.59 Å². The van der Waals surface area contributed by atoms with Gasteiger partial charge in [-0.05, 0) is 24.4 Å². The van der Waals surface area contributed by atoms with Crippen LogP contribution in [0.15, 0.2) is 5.38 Å². The molecule has 0 aliphatic carbocycles. The van der Waals surface area contributed by atoms with Gasteiger partial charge in [0, 0.05) is 23.8 Å². The third-order valence-electron chi connectivity index (χ3n) is 2.40. The van der Waals surface area contributed by atoms with Gasteiger partial charge < -0.3 is 4.90 Å². The average Bonchev–Trinajstić information content (AvgIpc) is 2.87. The van der Waals surface area contributed by atoms with Gasteiger partial charge in [-0.15, -0.1) is 16.7 Å². The lowest BCUT2D eigenvalue weighted by Gasteiger charge is -2.21. The van der Waals surface area contributed by atoms with Gasteiger partial charge in [-0.3, -0.25) is 4.79 Å². The molecule has 0 bridgehead atoms. The zero-order valence-electron chi connectivity index (χ0n) is 7.52. The van der Waals surface area contributed by atoms with Crippen molar-refractivity contribution in [3.63, 3.8) is 0 Å². The Hall–Kier alpha value is -0.680. The normalized spacial score (nSPS) is 21.5. The van der Waals surface area contributed by atoms with Crippen molar-refractivity contribution in [2.45, 2.75) is 18.9 Å². The van der Waals surface area contributed by atoms with Gasteiger partial charge in [-0.25, -0.2) is 0 Å². The van der Waals surface area contributed by atoms with Crippen LogP contribution in [0.1, 0.15) is 23.3 Å². The van der Waals surface area contributed by atoms with Crippen molar-refractivity contribution < 1.29 is 4.79 Å². The van der Waals surface area contributed by atoms with Gasteiger partial charge in [-0.2, -0.15) is 0 Å². The molecule has 1 fully saturated rings. The van der Waals surface area contributed by atoms with Crippen molar-refractivity contribution >= 4 is 29.0 Å². The van der Waals surface area contributed by atoms with Crippen LogP contribution in [-0.2, 0) is 0 Å². The molecule has 1 aromatic heterocycles. The smallest absolute Gasteiger partial charge is 0.275 e. The van der Waals surface area contributed by atoms with Crippen LogP contribution in [0.5, 0.6) is 0 Å². The highest BCUT2D eigenvalue weighted by Gasteiger charge is 2.29. The summed E-state index contributed by atoms with van der Waals surface area (Å²) in [7, 11) is 0. The van der Waals surface area contributed by atoms with Crippen LogP contribution in [0.4, 0.5) is 0 Å². The number of hydrogen-bond acceptors (Lipinski definition) is 4. The van der Waals surface area contributed by atoms with Gasteiger partial charge in [0.1, 0.15) is 0 Å². The van der Waals surface area contributed by atoms with Crippen LogP contribution in [0.2, 0.25) is 0 Å². The van der Waals surface area contributed by atoms with Gasteiger partial charge in [0.25, 0.3) is 5.91 Å². The number of amides is 1. The van der Waals surface area contributed by atoms with E-state index in [1.165, 1.54) is 11.5 Å². The van der Waals surface area contributed by atoms with Gasteiger partial charge in [0.05, 0.1) is 0 Å². The van der Waals surface area contributed by atoms with E-state index in [1.807, 2.05) is 0 Å². The lowest BCUT2D eigenvalue weighted by molar-refractivity contribution is 0.0743. The van der Waals surface area contributed by atoms with Crippen LogP contribution in [0.25, 0.3) is 0 Å². The molecule has 1 saturated heterocycles. The number of nitrogens with zero attached hydrogens (tertiary/aromatic N) is 3. The second kappa shape index (κ2) is 4.23. The van der Waals surface area contributed by atoms with Crippen molar-refractivity contribution in [1.29, 1.82) is 0 Å². The van der Waals surface area contributed by atoms with E-state index in [4.69, 9.17) is 11.6 Å². The Kier molecular flexibility index (Phi) is 2.98. The predicted octanol–water partition coefficient (Wildman–Crippen LogP) is 1.38. The number of carbonyl (C=O) groups excluding carboxylic acids is 1. The standard InChI is InChI=1S/C8H10ClN3OS/c9-4-6-2-1-3-12(6)8(13)7-5-14-11-10-7/h5-6H,1-4H2. The highest BCUT2D eigenvalue weighted by molar-refractivity contribution is 7.03. The monoisotopic (exact) mass is 231 g/mol. The minimum Gasteiger partial charge on any atom is -0.333 e. The first-order valence-corrected chi connectivity index (χ1v) is 5.84. The van der Waals surface area contributed by atoms with Crippen molar-refractivity contribution in [2.24, 2.45) is 0 Å². The summed E-state index contributed by atoms with van der Waals surface area (Å²) in [5, 5.41) is 5.44. The lowest BCUT2D eigenvalue weighted by atomic mass is 10.2. The third kappa shape index (κ3) is 1.74. The molecular weight excluding hydrogens is 222 g/mol. The first-order chi connectivity index (χ1) is 6.83. The maximum Gasteiger partial charge on any atom is 0.275 e. The highest BCUT2D eigenvalue weighted by Crippen LogP contribution is 2.20. The van der Waals surface area contributed by atoms with E-state index < -0.39 is 0 Å². The predicted molar refractivity (Wildman–Crippen MR) is 54.7 cm³/mol. The Labute approximate surface area is 91.0 Å². The zero-order chi connectivity index (χ0) is 9.97. The molecule has 1 aliphatic rings. The van der Waals surface area contributed by atoms with E-state index in [1.54, 1.807) is 10.3 Å².